The Bertz CT molecular complexity index is 528. The molecule has 0 bridgehead atoms. The zero-order valence-corrected chi connectivity index (χ0v) is 12.8. The van der Waals surface area contributed by atoms with Gasteiger partial charge in [0.05, 0.1) is 0 Å². The van der Waals surface area contributed by atoms with Crippen LogP contribution in [0, 0.1) is 5.92 Å². The molecule has 1 unspecified atom stereocenters. The molecule has 0 amide bonds. The molecule has 1 aromatic carbocycles. The minimum absolute atomic E-state index is 0.150. The molecular weight excluding hydrogens is 250 g/mol. The molecule has 0 saturated heterocycles. The van der Waals surface area contributed by atoms with E-state index in [4.69, 9.17) is 5.73 Å². The molecule has 0 aliphatic carbocycles. The van der Waals surface area contributed by atoms with Crippen LogP contribution in [0.2, 0.25) is 0 Å². The highest BCUT2D eigenvalue weighted by atomic mass is 32.1. The van der Waals surface area contributed by atoms with Crippen LogP contribution >= 0.6 is 11.3 Å². The fourth-order valence-electron chi connectivity index (χ4n) is 2.25. The van der Waals surface area contributed by atoms with Gasteiger partial charge in [-0.1, -0.05) is 51.5 Å². The minimum Gasteiger partial charge on any atom is -0.323 e. The molecule has 0 aliphatic rings. The van der Waals surface area contributed by atoms with E-state index in [1.54, 1.807) is 0 Å². The molecule has 1 nitrogen and oxygen atoms in total. The van der Waals surface area contributed by atoms with Gasteiger partial charge in [0, 0.05) is 15.8 Å². The van der Waals surface area contributed by atoms with Crippen molar-refractivity contribution in [3.8, 4) is 10.4 Å². The summed E-state index contributed by atoms with van der Waals surface area (Å²) in [7, 11) is 0. The Balaban J connectivity index is 2.32. The van der Waals surface area contributed by atoms with Crippen LogP contribution in [0.25, 0.3) is 10.4 Å². The molecule has 2 aromatic rings. The summed E-state index contributed by atoms with van der Waals surface area (Å²) in [5, 5.41) is 0. The topological polar surface area (TPSA) is 26.0 Å². The number of nitrogens with two attached hydrogens (primary N) is 1. The summed E-state index contributed by atoms with van der Waals surface area (Å²) in [6.07, 6.45) is 2.32. The fourth-order valence-corrected chi connectivity index (χ4v) is 3.50. The summed E-state index contributed by atoms with van der Waals surface area (Å²) in [6.45, 7) is 6.58. The second-order valence-electron chi connectivity index (χ2n) is 5.38. The van der Waals surface area contributed by atoms with E-state index in [9.17, 15) is 0 Å². The lowest BCUT2D eigenvalue weighted by atomic mass is 10.0. The molecule has 0 fully saturated rings. The van der Waals surface area contributed by atoms with Crippen molar-refractivity contribution >= 4 is 11.3 Å². The first-order chi connectivity index (χ1) is 9.13. The standard InChI is InChI=1S/C17H23NS/c1-4-7-13-8-5-6-9-14(13)15-10-11-16(19-15)17(18)12(2)3/h5-6,8-12,17H,4,7,18H2,1-3H3. The Morgan fingerprint density at radius 3 is 2.53 bits per heavy atom. The Morgan fingerprint density at radius 1 is 1.11 bits per heavy atom. The second-order valence-corrected chi connectivity index (χ2v) is 6.49. The van der Waals surface area contributed by atoms with Gasteiger partial charge < -0.3 is 5.73 Å². The minimum atomic E-state index is 0.150. The van der Waals surface area contributed by atoms with Gasteiger partial charge in [-0.3, -0.25) is 0 Å². The molecule has 19 heavy (non-hydrogen) atoms. The normalized spacial score (nSPS) is 12.9. The van der Waals surface area contributed by atoms with E-state index >= 15 is 0 Å². The van der Waals surface area contributed by atoms with Crippen LogP contribution in [-0.4, -0.2) is 0 Å². The van der Waals surface area contributed by atoms with E-state index < -0.39 is 0 Å². The molecule has 2 rings (SSSR count). The molecule has 0 aliphatic heterocycles. The van der Waals surface area contributed by atoms with Gasteiger partial charge in [0.25, 0.3) is 0 Å². The van der Waals surface area contributed by atoms with Crippen LogP contribution in [0.1, 0.15) is 43.7 Å². The Labute approximate surface area is 120 Å². The smallest absolute Gasteiger partial charge is 0.0413 e. The number of benzene rings is 1. The van der Waals surface area contributed by atoms with E-state index in [1.165, 1.54) is 27.3 Å². The monoisotopic (exact) mass is 273 g/mol. The van der Waals surface area contributed by atoms with Crippen molar-refractivity contribution in [3.63, 3.8) is 0 Å². The molecule has 102 valence electrons. The Morgan fingerprint density at radius 2 is 1.84 bits per heavy atom. The highest BCUT2D eigenvalue weighted by Gasteiger charge is 2.14. The Hall–Kier alpha value is -1.12. The second kappa shape index (κ2) is 6.36. The maximum Gasteiger partial charge on any atom is 0.0413 e. The zero-order chi connectivity index (χ0) is 13.8. The van der Waals surface area contributed by atoms with E-state index in [0.717, 1.165) is 6.42 Å². The van der Waals surface area contributed by atoms with Gasteiger partial charge in [-0.15, -0.1) is 11.3 Å². The van der Waals surface area contributed by atoms with Crippen molar-refractivity contribution < 1.29 is 0 Å². The molecule has 2 N–H and O–H groups in total. The summed E-state index contributed by atoms with van der Waals surface area (Å²) in [5.41, 5.74) is 9.05. The van der Waals surface area contributed by atoms with Gasteiger partial charge in [-0.05, 0) is 35.6 Å². The van der Waals surface area contributed by atoms with Crippen LogP contribution in [0.5, 0.6) is 0 Å². The maximum absolute atomic E-state index is 6.24. The quantitative estimate of drug-likeness (QED) is 0.813. The predicted molar refractivity (Wildman–Crippen MR) is 85.5 cm³/mol. The molecular formula is C17H23NS. The van der Waals surface area contributed by atoms with Crippen molar-refractivity contribution in [3.05, 3.63) is 46.8 Å². The van der Waals surface area contributed by atoms with Crippen molar-refractivity contribution in [1.29, 1.82) is 0 Å². The van der Waals surface area contributed by atoms with Crippen LogP contribution < -0.4 is 5.73 Å². The zero-order valence-electron chi connectivity index (χ0n) is 12.0. The summed E-state index contributed by atoms with van der Waals surface area (Å²) < 4.78 is 0. The molecule has 0 spiro atoms. The summed E-state index contributed by atoms with van der Waals surface area (Å²) in [6, 6.07) is 13.3. The lowest BCUT2D eigenvalue weighted by Gasteiger charge is -2.13. The average molecular weight is 273 g/mol. The molecule has 2 heteroatoms. The molecule has 0 saturated carbocycles. The van der Waals surface area contributed by atoms with Gasteiger partial charge in [-0.25, -0.2) is 0 Å². The number of aryl methyl sites for hydroxylation is 1. The number of thiophene rings is 1. The van der Waals surface area contributed by atoms with Gasteiger partial charge in [0.1, 0.15) is 0 Å². The fraction of sp³-hybridized carbons (Fsp3) is 0.412. The largest absolute Gasteiger partial charge is 0.323 e. The summed E-state index contributed by atoms with van der Waals surface area (Å²) in [4.78, 5) is 2.63. The highest BCUT2D eigenvalue weighted by molar-refractivity contribution is 7.15. The van der Waals surface area contributed by atoms with E-state index in [-0.39, 0.29) is 6.04 Å². The summed E-state index contributed by atoms with van der Waals surface area (Å²) >= 11 is 1.84. The van der Waals surface area contributed by atoms with Crippen LogP contribution in [-0.2, 0) is 6.42 Å². The molecule has 1 heterocycles. The molecule has 1 aromatic heterocycles. The van der Waals surface area contributed by atoms with Crippen molar-refractivity contribution in [2.75, 3.05) is 0 Å². The third kappa shape index (κ3) is 3.26. The van der Waals surface area contributed by atoms with Crippen LogP contribution in [0.3, 0.4) is 0 Å². The first kappa shape index (κ1) is 14.3. The number of hydrogen-bond acceptors (Lipinski definition) is 2. The lowest BCUT2D eigenvalue weighted by Crippen LogP contribution is -2.14. The Kier molecular flexibility index (Phi) is 4.78. The van der Waals surface area contributed by atoms with Gasteiger partial charge in [0.2, 0.25) is 0 Å². The first-order valence-electron chi connectivity index (χ1n) is 7.07. The number of hydrogen-bond donors (Lipinski definition) is 1. The third-order valence-corrected chi connectivity index (χ3v) is 4.70. The first-order valence-corrected chi connectivity index (χ1v) is 7.88. The highest BCUT2D eigenvalue weighted by Crippen LogP contribution is 2.34. The molecule has 1 atom stereocenters. The predicted octanol–water partition coefficient (Wildman–Crippen LogP) is 5.02. The van der Waals surface area contributed by atoms with E-state index in [0.29, 0.717) is 5.92 Å². The van der Waals surface area contributed by atoms with Gasteiger partial charge >= 0.3 is 0 Å². The van der Waals surface area contributed by atoms with E-state index in [2.05, 4.69) is 57.2 Å². The van der Waals surface area contributed by atoms with Crippen LogP contribution in [0.4, 0.5) is 0 Å². The van der Waals surface area contributed by atoms with E-state index in [1.807, 2.05) is 11.3 Å². The van der Waals surface area contributed by atoms with Gasteiger partial charge in [-0.2, -0.15) is 0 Å². The average Bonchev–Trinajstić information content (AvgIpc) is 2.88. The lowest BCUT2D eigenvalue weighted by molar-refractivity contribution is 0.521. The van der Waals surface area contributed by atoms with Gasteiger partial charge in [0.15, 0.2) is 0 Å². The maximum atomic E-state index is 6.24. The molecule has 0 radical (unpaired) electrons. The van der Waals surface area contributed by atoms with Crippen molar-refractivity contribution in [2.45, 2.75) is 39.7 Å². The van der Waals surface area contributed by atoms with Crippen molar-refractivity contribution in [2.24, 2.45) is 11.7 Å². The SMILES string of the molecule is CCCc1ccccc1-c1ccc(C(N)C(C)C)s1. The third-order valence-electron chi connectivity index (χ3n) is 3.48. The van der Waals surface area contributed by atoms with Crippen molar-refractivity contribution in [1.82, 2.24) is 0 Å². The number of rotatable bonds is 5. The summed E-state index contributed by atoms with van der Waals surface area (Å²) in [5.74, 6) is 0.484. The van der Waals surface area contributed by atoms with Crippen LogP contribution in [0.15, 0.2) is 36.4 Å².